The molecule has 1 N–H and O–H groups in total. The van der Waals surface area contributed by atoms with Crippen molar-refractivity contribution in [1.29, 1.82) is 0 Å². The number of hydrogen-bond acceptors (Lipinski definition) is 5. The maximum Gasteiger partial charge on any atom is 0.225 e. The number of piperazine rings is 1. The predicted molar refractivity (Wildman–Crippen MR) is 98.3 cm³/mol. The number of carbonyl (C=O) groups excluding carboxylic acids is 1. The first-order valence-corrected chi connectivity index (χ1v) is 10.5. The number of sulfone groups is 1. The van der Waals surface area contributed by atoms with E-state index in [2.05, 4.69) is 22.0 Å². The molecule has 1 saturated heterocycles. The zero-order valence-electron chi connectivity index (χ0n) is 14.5. The molecule has 0 unspecified atom stereocenters. The van der Waals surface area contributed by atoms with Crippen LogP contribution in [0.25, 0.3) is 0 Å². The standard InChI is InChI=1S/C17H27N3O3S/c1-3-9-19-10-12-20(13-11-19)16-6-4-15(5-7-16)18-17(21)8-14-24(2,22)23/h4-7H,3,8-14H2,1-2H3,(H,18,21). The molecule has 0 saturated carbocycles. The Hall–Kier alpha value is -1.60. The van der Waals surface area contributed by atoms with Crippen LogP contribution < -0.4 is 10.2 Å². The van der Waals surface area contributed by atoms with Gasteiger partial charge in [-0.1, -0.05) is 6.92 Å². The molecule has 2 rings (SSSR count). The van der Waals surface area contributed by atoms with Gasteiger partial charge in [-0.15, -0.1) is 0 Å². The van der Waals surface area contributed by atoms with E-state index < -0.39 is 9.84 Å². The molecule has 0 radical (unpaired) electrons. The summed E-state index contributed by atoms with van der Waals surface area (Å²) in [6.45, 7) is 7.55. The highest BCUT2D eigenvalue weighted by atomic mass is 32.2. The van der Waals surface area contributed by atoms with Gasteiger partial charge in [0.05, 0.1) is 5.75 Å². The van der Waals surface area contributed by atoms with Crippen LogP contribution in [0.5, 0.6) is 0 Å². The third-order valence-electron chi connectivity index (χ3n) is 4.13. The molecule has 0 aliphatic carbocycles. The minimum atomic E-state index is -3.11. The molecule has 1 fully saturated rings. The van der Waals surface area contributed by atoms with Gasteiger partial charge in [0.15, 0.2) is 0 Å². The van der Waals surface area contributed by atoms with Crippen LogP contribution in [0.2, 0.25) is 0 Å². The first-order valence-electron chi connectivity index (χ1n) is 8.42. The topological polar surface area (TPSA) is 69.7 Å². The smallest absolute Gasteiger partial charge is 0.225 e. The molecule has 6 nitrogen and oxygen atoms in total. The summed E-state index contributed by atoms with van der Waals surface area (Å²) in [7, 11) is -3.11. The molecule has 134 valence electrons. The molecule has 1 aliphatic rings. The quantitative estimate of drug-likeness (QED) is 0.806. The largest absolute Gasteiger partial charge is 0.369 e. The SMILES string of the molecule is CCCN1CCN(c2ccc(NC(=O)CCS(C)(=O)=O)cc2)CC1. The van der Waals surface area contributed by atoms with Crippen LogP contribution in [0.15, 0.2) is 24.3 Å². The molecule has 0 spiro atoms. The molecule has 0 bridgehead atoms. The Morgan fingerprint density at radius 3 is 2.29 bits per heavy atom. The first-order chi connectivity index (χ1) is 11.4. The fraction of sp³-hybridized carbons (Fsp3) is 0.588. The molecule has 0 atom stereocenters. The maximum atomic E-state index is 11.8. The van der Waals surface area contributed by atoms with Crippen LogP contribution in [-0.4, -0.2) is 64.0 Å². The van der Waals surface area contributed by atoms with E-state index in [1.165, 1.54) is 6.42 Å². The van der Waals surface area contributed by atoms with Crippen molar-refractivity contribution >= 4 is 27.1 Å². The van der Waals surface area contributed by atoms with Crippen LogP contribution in [0.1, 0.15) is 19.8 Å². The van der Waals surface area contributed by atoms with Gasteiger partial charge in [-0.25, -0.2) is 8.42 Å². The number of carbonyl (C=O) groups is 1. The molecular weight excluding hydrogens is 326 g/mol. The second-order valence-corrected chi connectivity index (χ2v) is 8.56. The lowest BCUT2D eigenvalue weighted by atomic mass is 10.2. The van der Waals surface area contributed by atoms with Gasteiger partial charge in [-0.05, 0) is 37.2 Å². The fourth-order valence-corrected chi connectivity index (χ4v) is 3.36. The van der Waals surface area contributed by atoms with E-state index in [4.69, 9.17) is 0 Å². The van der Waals surface area contributed by atoms with Crippen molar-refractivity contribution in [3.05, 3.63) is 24.3 Å². The minimum absolute atomic E-state index is 0.0139. The van der Waals surface area contributed by atoms with E-state index in [1.54, 1.807) is 0 Å². The van der Waals surface area contributed by atoms with E-state index in [1.807, 2.05) is 24.3 Å². The van der Waals surface area contributed by atoms with E-state index in [0.717, 1.165) is 44.7 Å². The minimum Gasteiger partial charge on any atom is -0.369 e. The van der Waals surface area contributed by atoms with E-state index >= 15 is 0 Å². The first kappa shape index (κ1) is 18.7. The zero-order chi connectivity index (χ0) is 17.6. The molecule has 7 heteroatoms. The lowest BCUT2D eigenvalue weighted by molar-refractivity contribution is -0.115. The van der Waals surface area contributed by atoms with E-state index in [9.17, 15) is 13.2 Å². The summed E-state index contributed by atoms with van der Waals surface area (Å²) in [6.07, 6.45) is 2.31. The summed E-state index contributed by atoms with van der Waals surface area (Å²) in [4.78, 5) is 16.6. The molecule has 1 aromatic carbocycles. The van der Waals surface area contributed by atoms with Crippen molar-refractivity contribution in [2.24, 2.45) is 0 Å². The Morgan fingerprint density at radius 2 is 1.75 bits per heavy atom. The van der Waals surface area contributed by atoms with Gasteiger partial charge in [-0.2, -0.15) is 0 Å². The normalized spacial score (nSPS) is 16.2. The summed E-state index contributed by atoms with van der Waals surface area (Å²) < 4.78 is 22.2. The Labute approximate surface area is 144 Å². The second kappa shape index (κ2) is 8.48. The maximum absolute atomic E-state index is 11.8. The molecule has 1 amide bonds. The van der Waals surface area contributed by atoms with Gasteiger partial charge in [0, 0.05) is 50.2 Å². The number of rotatable bonds is 7. The van der Waals surface area contributed by atoms with Gasteiger partial charge in [-0.3, -0.25) is 9.69 Å². The number of amides is 1. The highest BCUT2D eigenvalue weighted by molar-refractivity contribution is 7.90. The average Bonchev–Trinajstić information content (AvgIpc) is 2.54. The highest BCUT2D eigenvalue weighted by Gasteiger charge is 2.16. The third-order valence-corrected chi connectivity index (χ3v) is 5.07. The Balaban J connectivity index is 1.84. The van der Waals surface area contributed by atoms with Crippen molar-refractivity contribution in [2.45, 2.75) is 19.8 Å². The fourth-order valence-electron chi connectivity index (χ4n) is 2.80. The summed E-state index contributed by atoms with van der Waals surface area (Å²) in [5.74, 6) is -0.403. The molecular formula is C17H27N3O3S. The summed E-state index contributed by atoms with van der Waals surface area (Å²) in [5, 5.41) is 2.74. The average molecular weight is 353 g/mol. The molecule has 1 aromatic rings. The lowest BCUT2D eigenvalue weighted by Crippen LogP contribution is -2.46. The molecule has 1 heterocycles. The number of anilines is 2. The monoisotopic (exact) mass is 353 g/mol. The lowest BCUT2D eigenvalue weighted by Gasteiger charge is -2.36. The summed E-state index contributed by atoms with van der Waals surface area (Å²) in [5.41, 5.74) is 1.85. The van der Waals surface area contributed by atoms with Crippen molar-refractivity contribution in [1.82, 2.24) is 4.90 Å². The second-order valence-electron chi connectivity index (χ2n) is 6.30. The number of nitrogens with one attached hydrogen (secondary N) is 1. The third kappa shape index (κ3) is 6.13. The Morgan fingerprint density at radius 1 is 1.12 bits per heavy atom. The van der Waals surface area contributed by atoms with Gasteiger partial charge < -0.3 is 10.2 Å². The van der Waals surface area contributed by atoms with Crippen LogP contribution in [0.3, 0.4) is 0 Å². The van der Waals surface area contributed by atoms with Crippen molar-refractivity contribution < 1.29 is 13.2 Å². The van der Waals surface area contributed by atoms with Gasteiger partial charge >= 0.3 is 0 Å². The van der Waals surface area contributed by atoms with Crippen LogP contribution in [0.4, 0.5) is 11.4 Å². The van der Waals surface area contributed by atoms with E-state index in [-0.39, 0.29) is 18.1 Å². The van der Waals surface area contributed by atoms with Crippen LogP contribution in [-0.2, 0) is 14.6 Å². The van der Waals surface area contributed by atoms with Crippen molar-refractivity contribution in [2.75, 3.05) is 54.9 Å². The zero-order valence-corrected chi connectivity index (χ0v) is 15.3. The highest BCUT2D eigenvalue weighted by Crippen LogP contribution is 2.19. The van der Waals surface area contributed by atoms with Crippen LogP contribution >= 0.6 is 0 Å². The molecule has 1 aliphatic heterocycles. The van der Waals surface area contributed by atoms with E-state index in [0.29, 0.717) is 5.69 Å². The van der Waals surface area contributed by atoms with Gasteiger partial charge in [0.25, 0.3) is 0 Å². The van der Waals surface area contributed by atoms with Crippen molar-refractivity contribution in [3.8, 4) is 0 Å². The molecule has 0 aromatic heterocycles. The predicted octanol–water partition coefficient (Wildman–Crippen LogP) is 1.59. The van der Waals surface area contributed by atoms with Gasteiger partial charge in [0.1, 0.15) is 9.84 Å². The molecule has 24 heavy (non-hydrogen) atoms. The van der Waals surface area contributed by atoms with Gasteiger partial charge in [0.2, 0.25) is 5.91 Å². The Bertz CT molecular complexity index is 636. The Kier molecular flexibility index (Phi) is 6.62. The number of benzene rings is 1. The summed E-state index contributed by atoms with van der Waals surface area (Å²) in [6, 6.07) is 7.74. The summed E-state index contributed by atoms with van der Waals surface area (Å²) >= 11 is 0. The number of nitrogens with zero attached hydrogens (tertiary/aromatic N) is 2. The van der Waals surface area contributed by atoms with Crippen LogP contribution in [0, 0.1) is 0 Å². The number of hydrogen-bond donors (Lipinski definition) is 1. The van der Waals surface area contributed by atoms with Crippen molar-refractivity contribution in [3.63, 3.8) is 0 Å².